The highest BCUT2D eigenvalue weighted by molar-refractivity contribution is 7.89. The van der Waals surface area contributed by atoms with E-state index in [0.717, 1.165) is 42.7 Å². The minimum atomic E-state index is -3.43. The van der Waals surface area contributed by atoms with Crippen LogP contribution in [0.2, 0.25) is 0 Å². The molecule has 1 heterocycles. The molecule has 1 atom stereocenters. The number of sulfonamides is 1. The molecular formula is C19H26N2O2S. The average Bonchev–Trinajstić information content (AvgIpc) is 2.58. The molecule has 0 unspecified atom stereocenters. The van der Waals surface area contributed by atoms with Crippen molar-refractivity contribution in [3.8, 4) is 0 Å². The van der Waals surface area contributed by atoms with Gasteiger partial charge in [-0.3, -0.25) is 0 Å². The first-order valence-electron chi connectivity index (χ1n) is 8.75. The van der Waals surface area contributed by atoms with Gasteiger partial charge in [0.05, 0.1) is 4.90 Å². The summed E-state index contributed by atoms with van der Waals surface area (Å²) < 4.78 is 27.6. The Bertz CT molecular complexity index is 789. The van der Waals surface area contributed by atoms with E-state index in [1.807, 2.05) is 30.3 Å². The van der Waals surface area contributed by atoms with Crippen LogP contribution in [-0.2, 0) is 10.0 Å². The molecule has 1 aliphatic rings. The Hall–Kier alpha value is -1.43. The van der Waals surface area contributed by atoms with Crippen molar-refractivity contribution in [2.45, 2.75) is 31.1 Å². The lowest BCUT2D eigenvalue weighted by Gasteiger charge is -2.30. The molecule has 1 aliphatic heterocycles. The van der Waals surface area contributed by atoms with Crippen LogP contribution in [-0.4, -0.2) is 39.5 Å². The molecule has 1 saturated heterocycles. The summed E-state index contributed by atoms with van der Waals surface area (Å²) in [4.78, 5) is 2.78. The summed E-state index contributed by atoms with van der Waals surface area (Å²) in [6, 6.07) is 13.1. The summed E-state index contributed by atoms with van der Waals surface area (Å²) in [5.41, 5.74) is 0. The third kappa shape index (κ3) is 4.35. The molecule has 4 nitrogen and oxygen atoms in total. The standard InChI is InChI=1S/C19H26N2O2S/c1-16-6-4-12-21(15-16)13-5-11-20-24(22,23)19-10-9-17-7-2-3-8-18(17)14-19/h2-3,7-10,14,16,20H,4-6,11-13,15H2,1H3/t16-/m1/s1. The minimum Gasteiger partial charge on any atom is -0.303 e. The van der Waals surface area contributed by atoms with Gasteiger partial charge in [0.25, 0.3) is 0 Å². The van der Waals surface area contributed by atoms with Crippen molar-refractivity contribution in [3.05, 3.63) is 42.5 Å². The molecule has 0 saturated carbocycles. The second-order valence-corrected chi connectivity index (χ2v) is 8.58. The second-order valence-electron chi connectivity index (χ2n) is 6.81. The number of benzene rings is 2. The number of likely N-dealkylation sites (tertiary alicyclic amines) is 1. The number of nitrogens with zero attached hydrogens (tertiary/aromatic N) is 1. The van der Waals surface area contributed by atoms with Gasteiger partial charge in [0.15, 0.2) is 0 Å². The Morgan fingerprint density at radius 2 is 1.96 bits per heavy atom. The van der Waals surface area contributed by atoms with Crippen molar-refractivity contribution in [2.24, 2.45) is 5.92 Å². The van der Waals surface area contributed by atoms with Crippen LogP contribution in [0, 0.1) is 5.92 Å². The van der Waals surface area contributed by atoms with E-state index in [9.17, 15) is 8.42 Å². The summed E-state index contributed by atoms with van der Waals surface area (Å²) in [6.07, 6.45) is 3.41. The largest absolute Gasteiger partial charge is 0.303 e. The molecule has 0 bridgehead atoms. The van der Waals surface area contributed by atoms with Crippen molar-refractivity contribution < 1.29 is 8.42 Å². The molecule has 130 valence electrons. The zero-order valence-electron chi connectivity index (χ0n) is 14.2. The normalized spacial score (nSPS) is 19.6. The Balaban J connectivity index is 1.55. The first kappa shape index (κ1) is 17.4. The van der Waals surface area contributed by atoms with Crippen molar-refractivity contribution in [1.29, 1.82) is 0 Å². The van der Waals surface area contributed by atoms with Crippen LogP contribution in [0.1, 0.15) is 26.2 Å². The van der Waals surface area contributed by atoms with Gasteiger partial charge in [-0.05, 0) is 61.2 Å². The fourth-order valence-electron chi connectivity index (χ4n) is 3.42. The molecule has 2 aromatic rings. The van der Waals surface area contributed by atoms with Gasteiger partial charge in [-0.15, -0.1) is 0 Å². The molecular weight excluding hydrogens is 320 g/mol. The van der Waals surface area contributed by atoms with Crippen molar-refractivity contribution in [2.75, 3.05) is 26.2 Å². The fraction of sp³-hybridized carbons (Fsp3) is 0.474. The van der Waals surface area contributed by atoms with Gasteiger partial charge in [-0.25, -0.2) is 13.1 Å². The summed E-state index contributed by atoms with van der Waals surface area (Å²) in [5, 5.41) is 2.00. The molecule has 0 spiro atoms. The Morgan fingerprint density at radius 1 is 1.17 bits per heavy atom. The van der Waals surface area contributed by atoms with E-state index < -0.39 is 10.0 Å². The van der Waals surface area contributed by atoms with Crippen LogP contribution in [0.15, 0.2) is 47.4 Å². The molecule has 5 heteroatoms. The summed E-state index contributed by atoms with van der Waals surface area (Å²) in [7, 11) is -3.43. The van der Waals surface area contributed by atoms with E-state index in [1.54, 1.807) is 12.1 Å². The number of nitrogens with one attached hydrogen (secondary N) is 1. The van der Waals surface area contributed by atoms with E-state index in [0.29, 0.717) is 11.4 Å². The van der Waals surface area contributed by atoms with Gasteiger partial charge in [-0.1, -0.05) is 37.3 Å². The average molecular weight is 346 g/mol. The second kappa shape index (κ2) is 7.64. The number of hydrogen-bond acceptors (Lipinski definition) is 3. The van der Waals surface area contributed by atoms with E-state index >= 15 is 0 Å². The Kier molecular flexibility index (Phi) is 5.54. The Morgan fingerprint density at radius 3 is 2.75 bits per heavy atom. The van der Waals surface area contributed by atoms with Gasteiger partial charge >= 0.3 is 0 Å². The quantitative estimate of drug-likeness (QED) is 0.817. The number of rotatable bonds is 6. The highest BCUT2D eigenvalue weighted by atomic mass is 32.2. The van der Waals surface area contributed by atoms with Crippen molar-refractivity contribution >= 4 is 20.8 Å². The predicted octanol–water partition coefficient (Wildman–Crippen LogP) is 3.24. The molecule has 1 fully saturated rings. The third-order valence-electron chi connectivity index (χ3n) is 4.72. The molecule has 2 aromatic carbocycles. The van der Waals surface area contributed by atoms with Crippen LogP contribution in [0.4, 0.5) is 0 Å². The fourth-order valence-corrected chi connectivity index (χ4v) is 4.53. The molecule has 24 heavy (non-hydrogen) atoms. The summed E-state index contributed by atoms with van der Waals surface area (Å²) in [5.74, 6) is 0.757. The van der Waals surface area contributed by atoms with Gasteiger partial charge in [0.2, 0.25) is 10.0 Å². The zero-order chi connectivity index (χ0) is 17.0. The highest BCUT2D eigenvalue weighted by Gasteiger charge is 2.17. The number of piperidine rings is 1. The molecule has 1 N–H and O–H groups in total. The lowest BCUT2D eigenvalue weighted by Crippen LogP contribution is -2.36. The van der Waals surface area contributed by atoms with Crippen LogP contribution in [0.5, 0.6) is 0 Å². The summed E-state index contributed by atoms with van der Waals surface area (Å²) >= 11 is 0. The van der Waals surface area contributed by atoms with Crippen LogP contribution in [0.25, 0.3) is 10.8 Å². The molecule has 3 rings (SSSR count). The molecule has 0 aliphatic carbocycles. The lowest BCUT2D eigenvalue weighted by molar-refractivity contribution is 0.182. The monoisotopic (exact) mass is 346 g/mol. The van der Waals surface area contributed by atoms with Crippen LogP contribution < -0.4 is 4.72 Å². The Labute approximate surface area is 144 Å². The zero-order valence-corrected chi connectivity index (χ0v) is 15.1. The number of hydrogen-bond donors (Lipinski definition) is 1. The minimum absolute atomic E-state index is 0.341. The maximum Gasteiger partial charge on any atom is 0.240 e. The van der Waals surface area contributed by atoms with Gasteiger partial charge in [-0.2, -0.15) is 0 Å². The van der Waals surface area contributed by atoms with E-state index in [1.165, 1.54) is 12.8 Å². The molecule has 0 aromatic heterocycles. The van der Waals surface area contributed by atoms with Gasteiger partial charge in [0, 0.05) is 13.1 Å². The smallest absolute Gasteiger partial charge is 0.240 e. The van der Waals surface area contributed by atoms with Gasteiger partial charge in [0.1, 0.15) is 0 Å². The SMILES string of the molecule is C[C@@H]1CCCN(CCCNS(=O)(=O)c2ccc3ccccc3c2)C1. The first-order valence-corrected chi connectivity index (χ1v) is 10.2. The molecule has 0 radical (unpaired) electrons. The van der Waals surface area contributed by atoms with Crippen LogP contribution in [0.3, 0.4) is 0 Å². The maximum atomic E-state index is 12.5. The van der Waals surface area contributed by atoms with Crippen molar-refractivity contribution in [3.63, 3.8) is 0 Å². The predicted molar refractivity (Wildman–Crippen MR) is 98.6 cm³/mol. The topological polar surface area (TPSA) is 49.4 Å². The first-order chi connectivity index (χ1) is 11.5. The lowest BCUT2D eigenvalue weighted by atomic mass is 10.0. The summed E-state index contributed by atoms with van der Waals surface area (Å²) in [6.45, 7) is 6.01. The van der Waals surface area contributed by atoms with Crippen LogP contribution >= 0.6 is 0 Å². The van der Waals surface area contributed by atoms with E-state index in [4.69, 9.17) is 0 Å². The highest BCUT2D eigenvalue weighted by Crippen LogP contribution is 2.19. The van der Waals surface area contributed by atoms with E-state index in [2.05, 4.69) is 16.5 Å². The van der Waals surface area contributed by atoms with Crippen molar-refractivity contribution in [1.82, 2.24) is 9.62 Å². The molecule has 0 amide bonds. The third-order valence-corrected chi connectivity index (χ3v) is 6.17. The maximum absolute atomic E-state index is 12.5. The van der Waals surface area contributed by atoms with E-state index in [-0.39, 0.29) is 0 Å². The van der Waals surface area contributed by atoms with Gasteiger partial charge < -0.3 is 4.90 Å². The number of fused-ring (bicyclic) bond motifs is 1.